The number of carbonyl (C=O) groups excluding carboxylic acids is 1. The lowest BCUT2D eigenvalue weighted by Crippen LogP contribution is -2.24. The van der Waals surface area contributed by atoms with Crippen molar-refractivity contribution >= 4 is 5.91 Å². The number of amides is 1. The van der Waals surface area contributed by atoms with Gasteiger partial charge in [-0.1, -0.05) is 24.9 Å². The highest BCUT2D eigenvalue weighted by atomic mass is 19.1. The van der Waals surface area contributed by atoms with Gasteiger partial charge in [-0.15, -0.1) is 0 Å². The normalized spacial score (nSPS) is 10.6. The van der Waals surface area contributed by atoms with Crippen LogP contribution in [0, 0.1) is 5.82 Å². The minimum atomic E-state index is -0.313. The van der Waals surface area contributed by atoms with Crippen molar-refractivity contribution in [1.29, 1.82) is 0 Å². The van der Waals surface area contributed by atoms with Gasteiger partial charge in [0, 0.05) is 24.9 Å². The summed E-state index contributed by atoms with van der Waals surface area (Å²) in [6.45, 7) is 2.83. The molecule has 1 amide bonds. The molecule has 0 saturated carbocycles. The molecule has 0 aliphatic heterocycles. The summed E-state index contributed by atoms with van der Waals surface area (Å²) in [5, 5.41) is 6.70. The molecule has 5 nitrogen and oxygen atoms in total. The monoisotopic (exact) mass is 305 g/mol. The zero-order chi connectivity index (χ0) is 15.8. The largest absolute Gasteiger partial charge is 0.356 e. The van der Waals surface area contributed by atoms with Crippen molar-refractivity contribution in [2.75, 3.05) is 6.54 Å². The van der Waals surface area contributed by atoms with Crippen LogP contribution in [-0.2, 0) is 11.2 Å². The van der Waals surface area contributed by atoms with E-state index >= 15 is 0 Å². The van der Waals surface area contributed by atoms with Gasteiger partial charge in [-0.3, -0.25) is 4.79 Å². The number of nitrogens with one attached hydrogen (secondary N) is 1. The first-order chi connectivity index (χ1) is 10.7. The molecule has 0 bridgehead atoms. The summed E-state index contributed by atoms with van der Waals surface area (Å²) >= 11 is 0. The molecular formula is C16H20FN3O2. The van der Waals surface area contributed by atoms with Gasteiger partial charge in [0.05, 0.1) is 0 Å². The zero-order valence-corrected chi connectivity index (χ0v) is 12.6. The van der Waals surface area contributed by atoms with Gasteiger partial charge in [0.25, 0.3) is 0 Å². The summed E-state index contributed by atoms with van der Waals surface area (Å²) in [7, 11) is 0. The van der Waals surface area contributed by atoms with Gasteiger partial charge in [0.2, 0.25) is 17.6 Å². The first kappa shape index (κ1) is 16.1. The van der Waals surface area contributed by atoms with Crippen LogP contribution in [0.1, 0.15) is 38.5 Å². The van der Waals surface area contributed by atoms with Gasteiger partial charge < -0.3 is 9.84 Å². The Morgan fingerprint density at radius 2 is 2.05 bits per heavy atom. The van der Waals surface area contributed by atoms with Crippen molar-refractivity contribution in [3.05, 3.63) is 36.0 Å². The number of hydrogen-bond acceptors (Lipinski definition) is 4. The maximum absolute atomic E-state index is 12.9. The van der Waals surface area contributed by atoms with E-state index < -0.39 is 0 Å². The smallest absolute Gasteiger partial charge is 0.227 e. The lowest BCUT2D eigenvalue weighted by Gasteiger charge is -2.02. The minimum Gasteiger partial charge on any atom is -0.356 e. The van der Waals surface area contributed by atoms with Crippen LogP contribution < -0.4 is 5.32 Å². The Labute approximate surface area is 128 Å². The summed E-state index contributed by atoms with van der Waals surface area (Å²) < 4.78 is 18.0. The Bertz CT molecular complexity index is 596. The highest BCUT2D eigenvalue weighted by molar-refractivity contribution is 5.75. The molecule has 2 aromatic rings. The van der Waals surface area contributed by atoms with Crippen LogP contribution >= 0.6 is 0 Å². The number of rotatable bonds is 8. The molecule has 6 heteroatoms. The Morgan fingerprint density at radius 3 is 2.77 bits per heavy atom. The quantitative estimate of drug-likeness (QED) is 0.761. The standard InChI is InChI=1S/C16H20FN3O2/c1-2-3-4-11-18-14(21)9-10-15-19-16(20-22-15)12-5-7-13(17)8-6-12/h5-8H,2-4,9-11H2,1H3,(H,18,21). The summed E-state index contributed by atoms with van der Waals surface area (Å²) in [5.41, 5.74) is 0.681. The van der Waals surface area contributed by atoms with Gasteiger partial charge >= 0.3 is 0 Å². The van der Waals surface area contributed by atoms with E-state index in [9.17, 15) is 9.18 Å². The molecule has 0 spiro atoms. The summed E-state index contributed by atoms with van der Waals surface area (Å²) in [6, 6.07) is 5.86. The Morgan fingerprint density at radius 1 is 1.27 bits per heavy atom. The number of halogens is 1. The van der Waals surface area contributed by atoms with Gasteiger partial charge in [0.1, 0.15) is 5.82 Å². The van der Waals surface area contributed by atoms with E-state index in [0.29, 0.717) is 36.7 Å². The van der Waals surface area contributed by atoms with Gasteiger partial charge in [-0.25, -0.2) is 4.39 Å². The molecule has 2 rings (SSSR count). The SMILES string of the molecule is CCCCCNC(=O)CCc1nc(-c2ccc(F)cc2)no1. The highest BCUT2D eigenvalue weighted by Crippen LogP contribution is 2.16. The van der Waals surface area contributed by atoms with E-state index in [2.05, 4.69) is 22.4 Å². The predicted molar refractivity (Wildman–Crippen MR) is 80.5 cm³/mol. The van der Waals surface area contributed by atoms with E-state index in [0.717, 1.165) is 19.3 Å². The molecule has 1 aromatic carbocycles. The molecule has 1 N–H and O–H groups in total. The van der Waals surface area contributed by atoms with Crippen molar-refractivity contribution in [3.63, 3.8) is 0 Å². The molecular weight excluding hydrogens is 285 g/mol. The van der Waals surface area contributed by atoms with Crippen LogP contribution in [0.2, 0.25) is 0 Å². The van der Waals surface area contributed by atoms with E-state index in [1.54, 1.807) is 12.1 Å². The van der Waals surface area contributed by atoms with Crippen molar-refractivity contribution in [1.82, 2.24) is 15.5 Å². The summed E-state index contributed by atoms with van der Waals surface area (Å²) in [5.74, 6) is 0.478. The number of hydrogen-bond donors (Lipinski definition) is 1. The fraction of sp³-hybridized carbons (Fsp3) is 0.438. The summed E-state index contributed by atoms with van der Waals surface area (Å²) in [6.07, 6.45) is 3.96. The van der Waals surface area contributed by atoms with Crippen molar-refractivity contribution in [2.45, 2.75) is 39.0 Å². The van der Waals surface area contributed by atoms with Gasteiger partial charge in [-0.05, 0) is 30.7 Å². The van der Waals surface area contributed by atoms with Crippen molar-refractivity contribution in [2.24, 2.45) is 0 Å². The molecule has 0 aliphatic rings. The van der Waals surface area contributed by atoms with E-state index in [4.69, 9.17) is 4.52 Å². The molecule has 0 aliphatic carbocycles. The molecule has 1 aromatic heterocycles. The topological polar surface area (TPSA) is 68.0 Å². The van der Waals surface area contributed by atoms with Gasteiger partial charge in [0.15, 0.2) is 0 Å². The fourth-order valence-corrected chi connectivity index (χ4v) is 1.98. The molecule has 0 fully saturated rings. The highest BCUT2D eigenvalue weighted by Gasteiger charge is 2.10. The average molecular weight is 305 g/mol. The Hall–Kier alpha value is -2.24. The number of nitrogens with zero attached hydrogens (tertiary/aromatic N) is 2. The van der Waals surface area contributed by atoms with Crippen LogP contribution in [0.3, 0.4) is 0 Å². The van der Waals surface area contributed by atoms with Crippen molar-refractivity contribution in [3.8, 4) is 11.4 Å². The second kappa shape index (κ2) is 8.26. The summed E-state index contributed by atoms with van der Waals surface area (Å²) in [4.78, 5) is 15.9. The maximum Gasteiger partial charge on any atom is 0.227 e. The molecule has 0 radical (unpaired) electrons. The van der Waals surface area contributed by atoms with E-state index in [1.165, 1.54) is 12.1 Å². The first-order valence-corrected chi connectivity index (χ1v) is 7.54. The van der Waals surface area contributed by atoms with Gasteiger partial charge in [-0.2, -0.15) is 4.98 Å². The van der Waals surface area contributed by atoms with Crippen LogP contribution in [-0.4, -0.2) is 22.6 Å². The second-order valence-electron chi connectivity index (χ2n) is 5.08. The number of aromatic nitrogens is 2. The number of benzene rings is 1. The molecule has 1 heterocycles. The lowest BCUT2D eigenvalue weighted by molar-refractivity contribution is -0.121. The number of unbranched alkanes of at least 4 members (excludes halogenated alkanes) is 2. The van der Waals surface area contributed by atoms with Crippen LogP contribution in [0.15, 0.2) is 28.8 Å². The Balaban J connectivity index is 1.79. The Kier molecular flexibility index (Phi) is 6.06. The van der Waals surface area contributed by atoms with Crippen LogP contribution in [0.25, 0.3) is 11.4 Å². The molecule has 0 atom stereocenters. The molecule has 22 heavy (non-hydrogen) atoms. The van der Waals surface area contributed by atoms with E-state index in [-0.39, 0.29) is 11.7 Å². The third-order valence-electron chi connectivity index (χ3n) is 3.24. The van der Waals surface area contributed by atoms with Crippen molar-refractivity contribution < 1.29 is 13.7 Å². The first-order valence-electron chi connectivity index (χ1n) is 7.54. The van der Waals surface area contributed by atoms with Crippen LogP contribution in [0.4, 0.5) is 4.39 Å². The molecule has 0 saturated heterocycles. The van der Waals surface area contributed by atoms with Crippen LogP contribution in [0.5, 0.6) is 0 Å². The lowest BCUT2D eigenvalue weighted by atomic mass is 10.2. The fourth-order valence-electron chi connectivity index (χ4n) is 1.98. The minimum absolute atomic E-state index is 0.0161. The predicted octanol–water partition coefficient (Wildman–Crippen LogP) is 3.11. The number of carbonyl (C=O) groups is 1. The molecule has 118 valence electrons. The number of aryl methyl sites for hydroxylation is 1. The van der Waals surface area contributed by atoms with E-state index in [1.807, 2.05) is 0 Å². The zero-order valence-electron chi connectivity index (χ0n) is 12.6. The maximum atomic E-state index is 12.9. The molecule has 0 unspecified atom stereocenters. The third kappa shape index (κ3) is 4.95. The second-order valence-corrected chi connectivity index (χ2v) is 5.08. The third-order valence-corrected chi connectivity index (χ3v) is 3.24. The average Bonchev–Trinajstić information content (AvgIpc) is 2.99.